The largest absolute Gasteiger partial charge is 1.00 e. The normalized spacial score (nSPS) is 10.4. The molecule has 3 nitrogen and oxygen atoms in total. The quantitative estimate of drug-likeness (QED) is 0.433. The van der Waals surface area contributed by atoms with Crippen molar-refractivity contribution in [2.24, 2.45) is 0 Å². The Bertz CT molecular complexity index is 687. The first kappa shape index (κ1) is 16.6. The molecule has 0 unspecified atom stereocenters. The Kier molecular flexibility index (Phi) is 5.15. The van der Waals surface area contributed by atoms with Crippen LogP contribution in [0.4, 0.5) is 5.69 Å². The lowest BCUT2D eigenvalue weighted by molar-refractivity contribution is -0.566. The fourth-order valence-electron chi connectivity index (χ4n) is 1.63. The van der Waals surface area contributed by atoms with Gasteiger partial charge in [0.25, 0.3) is 5.15 Å². The van der Waals surface area contributed by atoms with Crippen molar-refractivity contribution in [3.05, 3.63) is 32.5 Å². The van der Waals surface area contributed by atoms with Crippen molar-refractivity contribution in [3.8, 4) is 0 Å². The van der Waals surface area contributed by atoms with E-state index in [4.69, 9.17) is 52.1 Å². The Hall–Kier alpha value is -0.450. The summed E-state index contributed by atoms with van der Waals surface area (Å²) in [6.07, 6.45) is 0. The highest BCUT2D eigenvalue weighted by atomic mass is 35.5. The molecular formula is C11H7Cl5N2O. The van der Waals surface area contributed by atoms with E-state index in [0.717, 1.165) is 4.57 Å². The van der Waals surface area contributed by atoms with E-state index in [0.29, 0.717) is 21.5 Å². The van der Waals surface area contributed by atoms with Gasteiger partial charge in [0.05, 0.1) is 23.0 Å². The van der Waals surface area contributed by atoms with E-state index in [-0.39, 0.29) is 33.6 Å². The molecule has 0 aliphatic rings. The summed E-state index contributed by atoms with van der Waals surface area (Å²) in [7, 11) is 0. The van der Waals surface area contributed by atoms with Crippen molar-refractivity contribution in [1.82, 2.24) is 0 Å². The van der Waals surface area contributed by atoms with E-state index in [2.05, 4.69) is 0 Å². The highest BCUT2D eigenvalue weighted by Crippen LogP contribution is 2.36. The van der Waals surface area contributed by atoms with E-state index in [9.17, 15) is 4.79 Å². The third kappa shape index (κ3) is 2.71. The molecule has 2 aromatic rings. The molecule has 0 amide bonds. The fraction of sp³-hybridized carbons (Fsp3) is 0.0909. The zero-order valence-electron chi connectivity index (χ0n) is 9.48. The van der Waals surface area contributed by atoms with Crippen LogP contribution < -0.4 is 22.7 Å². The summed E-state index contributed by atoms with van der Waals surface area (Å²) in [5, 5.41) is 1.79. The smallest absolute Gasteiger partial charge is 0.391 e. The summed E-state index contributed by atoms with van der Waals surface area (Å²) in [5.41, 5.74) is 6.06. The molecule has 0 aliphatic carbocycles. The highest BCUT2D eigenvalue weighted by molar-refractivity contribution is 6.46. The molecule has 1 heterocycles. The van der Waals surface area contributed by atoms with Crippen LogP contribution in [-0.2, 0) is 0 Å². The average Bonchev–Trinajstić information content (AvgIpc) is 2.29. The van der Waals surface area contributed by atoms with Crippen LogP contribution in [-0.4, -0.2) is 5.91 Å². The van der Waals surface area contributed by atoms with E-state index in [1.165, 1.54) is 6.92 Å². The fourth-order valence-corrected chi connectivity index (χ4v) is 2.75. The topological polar surface area (TPSA) is 47.0 Å². The molecule has 2 N–H and O–H groups in total. The number of nitrogens with two attached hydrogens (primary N) is 1. The molecule has 0 atom stereocenters. The second kappa shape index (κ2) is 5.90. The first-order valence-corrected chi connectivity index (χ1v) is 6.34. The summed E-state index contributed by atoms with van der Waals surface area (Å²) in [6, 6.07) is 3.12. The number of benzene rings is 1. The number of nitrogen functional groups attached to an aromatic ring is 1. The van der Waals surface area contributed by atoms with Gasteiger partial charge in [-0.15, -0.1) is 0 Å². The number of halogens is 5. The van der Waals surface area contributed by atoms with Crippen LogP contribution in [0.2, 0.25) is 20.4 Å². The molecule has 102 valence electrons. The van der Waals surface area contributed by atoms with Gasteiger partial charge in [0.15, 0.2) is 0 Å². The lowest BCUT2D eigenvalue weighted by Gasteiger charge is -2.06. The van der Waals surface area contributed by atoms with Crippen LogP contribution in [0.3, 0.4) is 0 Å². The number of hydrogen-bond acceptors (Lipinski definition) is 2. The average molecular weight is 360 g/mol. The third-order valence-corrected chi connectivity index (χ3v) is 4.02. The van der Waals surface area contributed by atoms with Crippen LogP contribution in [0.25, 0.3) is 10.8 Å². The molecule has 0 aliphatic heterocycles. The summed E-state index contributed by atoms with van der Waals surface area (Å²) in [4.78, 5) is 11.5. The van der Waals surface area contributed by atoms with Gasteiger partial charge in [0.1, 0.15) is 5.02 Å². The van der Waals surface area contributed by atoms with Crippen LogP contribution >= 0.6 is 46.4 Å². The SMILES string of the molecule is CC(=O)[n+]1c(Cl)c(Cl)c2cc(N)c(Cl)cc2c1Cl.[Cl-]. The van der Waals surface area contributed by atoms with Crippen molar-refractivity contribution in [3.63, 3.8) is 0 Å². The van der Waals surface area contributed by atoms with Gasteiger partial charge >= 0.3 is 11.1 Å². The van der Waals surface area contributed by atoms with Crippen molar-refractivity contribution in [1.29, 1.82) is 0 Å². The zero-order valence-corrected chi connectivity index (χ0v) is 13.3. The second-order valence-corrected chi connectivity index (χ2v) is 5.17. The monoisotopic (exact) mass is 358 g/mol. The molecule has 0 fully saturated rings. The Labute approximate surface area is 135 Å². The van der Waals surface area contributed by atoms with Gasteiger partial charge in [0, 0.05) is 5.39 Å². The van der Waals surface area contributed by atoms with Crippen molar-refractivity contribution < 1.29 is 21.8 Å². The summed E-state index contributed by atoms with van der Waals surface area (Å²) in [5.74, 6) is -0.346. The predicted octanol–water partition coefficient (Wildman–Crippen LogP) is 0.987. The number of carbonyl (C=O) groups is 1. The van der Waals surface area contributed by atoms with Gasteiger partial charge in [-0.25, -0.2) is 4.79 Å². The Morgan fingerprint density at radius 2 is 1.68 bits per heavy atom. The number of nitrogens with zero attached hydrogens (tertiary/aromatic N) is 1. The molecule has 0 saturated heterocycles. The lowest BCUT2D eigenvalue weighted by Crippen LogP contribution is -3.00. The van der Waals surface area contributed by atoms with Crippen molar-refractivity contribution in [2.45, 2.75) is 6.92 Å². The molecule has 1 aromatic carbocycles. The Morgan fingerprint density at radius 3 is 2.21 bits per heavy atom. The van der Waals surface area contributed by atoms with Gasteiger partial charge < -0.3 is 18.1 Å². The molecule has 0 bridgehead atoms. The van der Waals surface area contributed by atoms with Gasteiger partial charge in [-0.05, 0) is 35.3 Å². The summed E-state index contributed by atoms with van der Waals surface area (Å²) in [6.45, 7) is 1.33. The zero-order chi connectivity index (χ0) is 13.6. The minimum absolute atomic E-state index is 0. The molecule has 1 aromatic heterocycles. The Balaban J connectivity index is 0.00000180. The minimum atomic E-state index is -0.346. The van der Waals surface area contributed by atoms with Gasteiger partial charge in [-0.1, -0.05) is 27.8 Å². The van der Waals surface area contributed by atoms with Gasteiger partial charge in [-0.3, -0.25) is 0 Å². The van der Waals surface area contributed by atoms with E-state index in [1.807, 2.05) is 0 Å². The van der Waals surface area contributed by atoms with Gasteiger partial charge in [0.2, 0.25) is 0 Å². The molecule has 0 spiro atoms. The minimum Gasteiger partial charge on any atom is -1.00 e. The van der Waals surface area contributed by atoms with Crippen molar-refractivity contribution in [2.75, 3.05) is 5.73 Å². The number of hydrogen-bond donors (Lipinski definition) is 1. The molecule has 0 radical (unpaired) electrons. The summed E-state index contributed by atoms with van der Waals surface area (Å²) < 4.78 is 1.11. The van der Waals surface area contributed by atoms with E-state index < -0.39 is 0 Å². The maximum atomic E-state index is 11.5. The standard InChI is InChI=1S/C11H6Cl4N2O.ClH/c1-4(18)17-10(14)6-2-7(12)8(16)3-5(6)9(13)11(17)15;/h2-3,16H,1H3;1H. The highest BCUT2D eigenvalue weighted by Gasteiger charge is 2.27. The Morgan fingerprint density at radius 1 is 1.11 bits per heavy atom. The second-order valence-electron chi connectivity index (χ2n) is 3.67. The van der Waals surface area contributed by atoms with Crippen molar-refractivity contribution >= 4 is 68.8 Å². The number of pyridine rings is 1. The first-order valence-electron chi connectivity index (χ1n) is 4.82. The summed E-state index contributed by atoms with van der Waals surface area (Å²) >= 11 is 24.2. The molecular weight excluding hydrogens is 353 g/mol. The van der Waals surface area contributed by atoms with Gasteiger partial charge in [-0.2, -0.15) is 0 Å². The predicted molar refractivity (Wildman–Crippen MR) is 74.9 cm³/mol. The maximum absolute atomic E-state index is 11.5. The van der Waals surface area contributed by atoms with Crippen LogP contribution in [0.5, 0.6) is 0 Å². The molecule has 8 heteroatoms. The molecule has 0 saturated carbocycles. The third-order valence-electron chi connectivity index (χ3n) is 2.48. The lowest BCUT2D eigenvalue weighted by atomic mass is 10.1. The van der Waals surface area contributed by atoms with Crippen LogP contribution in [0.15, 0.2) is 12.1 Å². The van der Waals surface area contributed by atoms with E-state index in [1.54, 1.807) is 12.1 Å². The van der Waals surface area contributed by atoms with Crippen LogP contribution in [0.1, 0.15) is 11.7 Å². The van der Waals surface area contributed by atoms with E-state index >= 15 is 0 Å². The molecule has 2 rings (SSSR count). The first-order chi connectivity index (χ1) is 8.34. The number of fused-ring (bicyclic) bond motifs is 1. The number of carbonyl (C=O) groups excluding carboxylic acids is 1. The number of rotatable bonds is 0. The number of aromatic nitrogens is 1. The van der Waals surface area contributed by atoms with Crippen LogP contribution in [0, 0.1) is 0 Å². The number of anilines is 1. The maximum Gasteiger partial charge on any atom is 0.391 e. The molecule has 19 heavy (non-hydrogen) atoms.